The maximum atomic E-state index is 12.2. The highest BCUT2D eigenvalue weighted by molar-refractivity contribution is 5.27. The molecule has 12 heteroatoms. The minimum atomic E-state index is -4.84. The lowest BCUT2D eigenvalue weighted by molar-refractivity contribution is -0.274. The predicted molar refractivity (Wildman–Crippen MR) is 64.3 cm³/mol. The van der Waals surface area contributed by atoms with Gasteiger partial charge in [-0.05, 0) is 6.07 Å². The smallest absolute Gasteiger partial charge is 0.402 e. The van der Waals surface area contributed by atoms with Crippen LogP contribution in [0, 0.1) is 0 Å². The van der Waals surface area contributed by atoms with Crippen molar-refractivity contribution in [1.29, 1.82) is 0 Å². The van der Waals surface area contributed by atoms with Crippen molar-refractivity contribution in [3.63, 3.8) is 0 Å². The first-order chi connectivity index (χ1) is 10.6. The van der Waals surface area contributed by atoms with E-state index in [1.165, 1.54) is 6.07 Å². The van der Waals surface area contributed by atoms with Crippen LogP contribution in [-0.4, -0.2) is 32.3 Å². The normalized spacial score (nSPS) is 12.3. The number of aromatic nitrogens is 4. The lowest BCUT2D eigenvalue weighted by Crippen LogP contribution is -2.18. The third-order valence-corrected chi connectivity index (χ3v) is 2.33. The first-order valence-electron chi connectivity index (χ1n) is 6.01. The van der Waals surface area contributed by atoms with Gasteiger partial charge in [-0.3, -0.25) is 4.68 Å². The van der Waals surface area contributed by atoms with E-state index >= 15 is 0 Å². The number of nitrogens with one attached hydrogen (secondary N) is 1. The van der Waals surface area contributed by atoms with E-state index in [2.05, 4.69) is 25.1 Å². The molecule has 1 N–H and O–H groups in total. The van der Waals surface area contributed by atoms with Gasteiger partial charge in [0.05, 0.1) is 24.6 Å². The van der Waals surface area contributed by atoms with Gasteiger partial charge in [0.25, 0.3) is 0 Å². The SMILES string of the molecule is FC(F)(F)Cn1ccc(CNc2ncc(OC(F)(F)F)cn2)n1. The first-order valence-corrected chi connectivity index (χ1v) is 6.01. The minimum Gasteiger partial charge on any atom is -0.402 e. The van der Waals surface area contributed by atoms with Crippen molar-refractivity contribution in [2.24, 2.45) is 0 Å². The van der Waals surface area contributed by atoms with E-state index < -0.39 is 24.8 Å². The monoisotopic (exact) mass is 341 g/mol. The molecule has 6 nitrogen and oxygen atoms in total. The lowest BCUT2D eigenvalue weighted by Gasteiger charge is -2.08. The Labute approximate surface area is 125 Å². The van der Waals surface area contributed by atoms with Gasteiger partial charge < -0.3 is 10.1 Å². The molecule has 0 amide bonds. The Morgan fingerprint density at radius 3 is 2.30 bits per heavy atom. The van der Waals surface area contributed by atoms with Crippen LogP contribution < -0.4 is 10.1 Å². The Morgan fingerprint density at radius 2 is 1.74 bits per heavy atom. The van der Waals surface area contributed by atoms with E-state index in [0.717, 1.165) is 23.3 Å². The molecule has 0 aliphatic rings. The summed E-state index contributed by atoms with van der Waals surface area (Å²) in [5, 5.41) is 6.29. The van der Waals surface area contributed by atoms with Crippen molar-refractivity contribution in [2.45, 2.75) is 25.6 Å². The lowest BCUT2D eigenvalue weighted by atomic mass is 10.4. The van der Waals surface area contributed by atoms with Gasteiger partial charge in [0.15, 0.2) is 5.75 Å². The van der Waals surface area contributed by atoms with Gasteiger partial charge in [0, 0.05) is 6.20 Å². The summed E-state index contributed by atoms with van der Waals surface area (Å²) >= 11 is 0. The van der Waals surface area contributed by atoms with Crippen molar-refractivity contribution in [2.75, 3.05) is 5.32 Å². The largest absolute Gasteiger partial charge is 0.573 e. The van der Waals surface area contributed by atoms with E-state index in [-0.39, 0.29) is 18.2 Å². The zero-order valence-corrected chi connectivity index (χ0v) is 11.2. The molecule has 0 spiro atoms. The Kier molecular flexibility index (Phi) is 4.61. The summed E-state index contributed by atoms with van der Waals surface area (Å²) in [6, 6.07) is 1.36. The number of hydrogen-bond donors (Lipinski definition) is 1. The van der Waals surface area contributed by atoms with Gasteiger partial charge in [-0.2, -0.15) is 18.3 Å². The van der Waals surface area contributed by atoms with Crippen LogP contribution in [0.3, 0.4) is 0 Å². The first kappa shape index (κ1) is 16.8. The van der Waals surface area contributed by atoms with Crippen LogP contribution in [-0.2, 0) is 13.1 Å². The molecule has 0 bridgehead atoms. The van der Waals surface area contributed by atoms with E-state index in [0.29, 0.717) is 0 Å². The van der Waals surface area contributed by atoms with Crippen LogP contribution in [0.25, 0.3) is 0 Å². The van der Waals surface area contributed by atoms with E-state index in [9.17, 15) is 26.3 Å². The Hall–Kier alpha value is -2.53. The molecule has 0 unspecified atom stereocenters. The third-order valence-electron chi connectivity index (χ3n) is 2.33. The van der Waals surface area contributed by atoms with Crippen LogP contribution in [0.5, 0.6) is 5.75 Å². The molecule has 126 valence electrons. The van der Waals surface area contributed by atoms with Crippen LogP contribution >= 0.6 is 0 Å². The molecule has 2 aromatic heterocycles. The molecule has 2 rings (SSSR count). The average Bonchev–Trinajstić information content (AvgIpc) is 2.81. The van der Waals surface area contributed by atoms with Crippen molar-refractivity contribution < 1.29 is 31.1 Å². The quantitative estimate of drug-likeness (QED) is 0.847. The number of anilines is 1. The third kappa shape index (κ3) is 6.00. The second-order valence-corrected chi connectivity index (χ2v) is 4.26. The number of hydrogen-bond acceptors (Lipinski definition) is 5. The minimum absolute atomic E-state index is 0.00430. The molecule has 0 fully saturated rings. The highest BCUT2D eigenvalue weighted by atomic mass is 19.4. The Bertz CT molecular complexity index is 636. The summed E-state index contributed by atoms with van der Waals surface area (Å²) in [6.07, 6.45) is -6.44. The molecule has 23 heavy (non-hydrogen) atoms. The zero-order valence-electron chi connectivity index (χ0n) is 11.2. The van der Waals surface area contributed by atoms with Gasteiger partial charge in [0.1, 0.15) is 6.54 Å². The predicted octanol–water partition coefficient (Wildman–Crippen LogP) is 2.75. The second kappa shape index (κ2) is 6.30. The summed E-state index contributed by atoms with van der Waals surface area (Å²) in [4.78, 5) is 7.16. The van der Waals surface area contributed by atoms with E-state index in [1.807, 2.05) is 0 Å². The molecule has 0 aromatic carbocycles. The topological polar surface area (TPSA) is 64.9 Å². The fourth-order valence-electron chi connectivity index (χ4n) is 1.53. The van der Waals surface area contributed by atoms with Gasteiger partial charge in [0.2, 0.25) is 5.95 Å². The van der Waals surface area contributed by atoms with Crippen LogP contribution in [0.2, 0.25) is 0 Å². The Balaban J connectivity index is 1.89. The van der Waals surface area contributed by atoms with Gasteiger partial charge >= 0.3 is 12.5 Å². The van der Waals surface area contributed by atoms with Crippen LogP contribution in [0.4, 0.5) is 32.3 Å². The van der Waals surface area contributed by atoms with Crippen molar-refractivity contribution in [1.82, 2.24) is 19.7 Å². The maximum absolute atomic E-state index is 12.2. The highest BCUT2D eigenvalue weighted by Crippen LogP contribution is 2.21. The molecule has 0 saturated carbocycles. The summed E-state index contributed by atoms with van der Waals surface area (Å²) in [7, 11) is 0. The van der Waals surface area contributed by atoms with E-state index in [1.54, 1.807) is 0 Å². The Morgan fingerprint density at radius 1 is 1.09 bits per heavy atom. The molecule has 0 atom stereocenters. The second-order valence-electron chi connectivity index (χ2n) is 4.26. The molecular weight excluding hydrogens is 332 g/mol. The van der Waals surface area contributed by atoms with Crippen LogP contribution in [0.1, 0.15) is 5.69 Å². The number of nitrogens with zero attached hydrogens (tertiary/aromatic N) is 4. The number of ether oxygens (including phenoxy) is 1. The summed E-state index contributed by atoms with van der Waals surface area (Å²) in [5.74, 6) is -0.609. The standard InChI is InChI=1S/C11H9F6N5O/c12-10(13,14)6-22-2-1-7(21-22)3-18-9-19-4-8(5-20-9)23-11(15,16)17/h1-2,4-5H,3,6H2,(H,18,19,20). The van der Waals surface area contributed by atoms with Crippen molar-refractivity contribution in [3.05, 3.63) is 30.4 Å². The summed E-state index contributed by atoms with van der Waals surface area (Å²) < 4.78 is 76.7. The van der Waals surface area contributed by atoms with Gasteiger partial charge in [-0.25, -0.2) is 9.97 Å². The molecule has 0 radical (unpaired) electrons. The maximum Gasteiger partial charge on any atom is 0.573 e. The summed E-state index contributed by atoms with van der Waals surface area (Å²) in [6.45, 7) is -1.21. The molecular formula is C11H9F6N5O. The molecule has 0 saturated heterocycles. The highest BCUT2D eigenvalue weighted by Gasteiger charge is 2.31. The van der Waals surface area contributed by atoms with E-state index in [4.69, 9.17) is 0 Å². The fraction of sp³-hybridized carbons (Fsp3) is 0.364. The average molecular weight is 341 g/mol. The molecule has 2 heterocycles. The fourth-order valence-corrected chi connectivity index (χ4v) is 1.53. The van der Waals surface area contributed by atoms with Crippen molar-refractivity contribution >= 4 is 5.95 Å². The summed E-state index contributed by atoms with van der Waals surface area (Å²) in [5.41, 5.74) is 0.286. The van der Waals surface area contributed by atoms with Crippen LogP contribution in [0.15, 0.2) is 24.7 Å². The van der Waals surface area contributed by atoms with Gasteiger partial charge in [-0.15, -0.1) is 13.2 Å². The van der Waals surface area contributed by atoms with Crippen molar-refractivity contribution in [3.8, 4) is 5.75 Å². The number of halogens is 6. The number of rotatable bonds is 5. The number of alkyl halides is 6. The molecule has 0 aliphatic heterocycles. The molecule has 2 aromatic rings. The zero-order chi connectivity index (χ0) is 17.1. The molecule has 0 aliphatic carbocycles. The van der Waals surface area contributed by atoms with Gasteiger partial charge in [-0.1, -0.05) is 0 Å².